The van der Waals surface area contributed by atoms with Gasteiger partial charge in [0.05, 0.1) is 4.92 Å². The fraction of sp³-hybridized carbons (Fsp3) is 0.571. The van der Waals surface area contributed by atoms with Gasteiger partial charge < -0.3 is 10.2 Å². The first-order chi connectivity index (χ1) is 9.61. The molecule has 1 aromatic rings. The number of hydrogen-bond donors (Lipinski definition) is 1. The molecule has 0 bridgehead atoms. The Bertz CT molecular complexity index is 473. The van der Waals surface area contributed by atoms with Crippen LogP contribution in [-0.2, 0) is 0 Å². The number of rotatable bonds is 5. The molecule has 6 heteroatoms. The molecule has 1 aliphatic heterocycles. The topological polar surface area (TPSA) is 58.4 Å². The lowest BCUT2D eigenvalue weighted by atomic mass is 9.93. The summed E-state index contributed by atoms with van der Waals surface area (Å²) in [6.45, 7) is 2.83. The molecule has 5 nitrogen and oxygen atoms in total. The third-order valence-corrected chi connectivity index (χ3v) is 4.39. The van der Waals surface area contributed by atoms with Crippen molar-refractivity contribution < 1.29 is 4.92 Å². The Morgan fingerprint density at radius 1 is 1.45 bits per heavy atom. The maximum absolute atomic E-state index is 11.1. The van der Waals surface area contributed by atoms with E-state index in [0.717, 1.165) is 48.6 Å². The maximum atomic E-state index is 11.1. The van der Waals surface area contributed by atoms with Crippen molar-refractivity contribution in [3.8, 4) is 0 Å². The zero-order chi connectivity index (χ0) is 14.5. The molecule has 0 atom stereocenters. The summed E-state index contributed by atoms with van der Waals surface area (Å²) in [5, 5.41) is 14.3. The molecule has 1 N–H and O–H groups in total. The minimum absolute atomic E-state index is 0.196. The number of anilines is 1. The molecule has 110 valence electrons. The second kappa shape index (κ2) is 7.04. The monoisotopic (exact) mass is 341 g/mol. The van der Waals surface area contributed by atoms with Gasteiger partial charge in [-0.2, -0.15) is 0 Å². The molecule has 20 heavy (non-hydrogen) atoms. The van der Waals surface area contributed by atoms with Crippen molar-refractivity contribution in [2.45, 2.75) is 19.3 Å². The van der Waals surface area contributed by atoms with E-state index in [1.807, 2.05) is 13.1 Å². The van der Waals surface area contributed by atoms with Crippen LogP contribution in [0.1, 0.15) is 19.3 Å². The predicted octanol–water partition coefficient (Wildman–Crippen LogP) is 3.18. The Kier molecular flexibility index (Phi) is 5.37. The van der Waals surface area contributed by atoms with Crippen molar-refractivity contribution in [1.29, 1.82) is 0 Å². The van der Waals surface area contributed by atoms with Gasteiger partial charge >= 0.3 is 0 Å². The predicted molar refractivity (Wildman–Crippen MR) is 84.3 cm³/mol. The first-order valence-electron chi connectivity index (χ1n) is 6.95. The van der Waals surface area contributed by atoms with Gasteiger partial charge in [0.2, 0.25) is 0 Å². The Morgan fingerprint density at radius 2 is 2.15 bits per heavy atom. The SMILES string of the molecule is CNCCC1CCN(c2cc(Br)ccc2[N+](=O)[O-])CC1. The lowest BCUT2D eigenvalue weighted by Crippen LogP contribution is -2.34. The molecule has 0 aromatic heterocycles. The minimum atomic E-state index is -0.297. The highest BCUT2D eigenvalue weighted by Gasteiger charge is 2.24. The van der Waals surface area contributed by atoms with Crippen molar-refractivity contribution in [1.82, 2.24) is 5.32 Å². The molecule has 1 heterocycles. The molecule has 0 spiro atoms. The van der Waals surface area contributed by atoms with E-state index in [-0.39, 0.29) is 10.6 Å². The first-order valence-corrected chi connectivity index (χ1v) is 7.74. The van der Waals surface area contributed by atoms with Crippen LogP contribution in [0.4, 0.5) is 11.4 Å². The molecule has 0 amide bonds. The van der Waals surface area contributed by atoms with E-state index in [1.165, 1.54) is 6.42 Å². The van der Waals surface area contributed by atoms with Gasteiger partial charge in [0.15, 0.2) is 0 Å². The van der Waals surface area contributed by atoms with Crippen LogP contribution in [0, 0.1) is 16.0 Å². The van der Waals surface area contributed by atoms with Crippen molar-refractivity contribution in [3.05, 3.63) is 32.8 Å². The smallest absolute Gasteiger partial charge is 0.292 e. The number of benzene rings is 1. The summed E-state index contributed by atoms with van der Waals surface area (Å²) >= 11 is 3.40. The normalized spacial score (nSPS) is 16.4. The fourth-order valence-electron chi connectivity index (χ4n) is 2.72. The summed E-state index contributed by atoms with van der Waals surface area (Å²) in [7, 11) is 1.97. The molecule has 1 aromatic carbocycles. The molecule has 0 radical (unpaired) electrons. The van der Waals surface area contributed by atoms with Crippen molar-refractivity contribution in [2.75, 3.05) is 31.6 Å². The van der Waals surface area contributed by atoms with E-state index in [1.54, 1.807) is 12.1 Å². The van der Waals surface area contributed by atoms with Crippen LogP contribution in [-0.4, -0.2) is 31.6 Å². The van der Waals surface area contributed by atoms with Gasteiger partial charge in [-0.15, -0.1) is 0 Å². The highest BCUT2D eigenvalue weighted by molar-refractivity contribution is 9.10. The van der Waals surface area contributed by atoms with E-state index < -0.39 is 0 Å². The Morgan fingerprint density at radius 3 is 2.75 bits per heavy atom. The van der Waals surface area contributed by atoms with E-state index in [4.69, 9.17) is 0 Å². The number of hydrogen-bond acceptors (Lipinski definition) is 4. The van der Waals surface area contributed by atoms with Crippen molar-refractivity contribution in [3.63, 3.8) is 0 Å². The molecule has 1 saturated heterocycles. The van der Waals surface area contributed by atoms with Crippen molar-refractivity contribution in [2.24, 2.45) is 5.92 Å². The molecule has 2 rings (SSSR count). The van der Waals surface area contributed by atoms with E-state index in [9.17, 15) is 10.1 Å². The van der Waals surface area contributed by atoms with Gasteiger partial charge in [0.1, 0.15) is 5.69 Å². The lowest BCUT2D eigenvalue weighted by Gasteiger charge is -2.33. The number of nitro benzene ring substituents is 1. The summed E-state index contributed by atoms with van der Waals surface area (Å²) in [5.41, 5.74) is 0.929. The third kappa shape index (κ3) is 3.70. The standard InChI is InChI=1S/C14H20BrN3O2/c1-16-7-4-11-5-8-17(9-6-11)14-10-12(15)2-3-13(14)18(19)20/h2-3,10-11,16H,4-9H2,1H3. The third-order valence-electron chi connectivity index (χ3n) is 3.89. The fourth-order valence-corrected chi connectivity index (χ4v) is 3.06. The maximum Gasteiger partial charge on any atom is 0.292 e. The number of nitro groups is 1. The minimum Gasteiger partial charge on any atom is -0.366 e. The zero-order valence-corrected chi connectivity index (χ0v) is 13.2. The van der Waals surface area contributed by atoms with Gasteiger partial charge in [-0.05, 0) is 50.9 Å². The van der Waals surface area contributed by atoms with Gasteiger partial charge in [0, 0.05) is 23.6 Å². The first kappa shape index (κ1) is 15.3. The van der Waals surface area contributed by atoms with Crippen LogP contribution in [0.5, 0.6) is 0 Å². The molecule has 1 aliphatic rings. The summed E-state index contributed by atoms with van der Waals surface area (Å²) in [6.07, 6.45) is 3.39. The van der Waals surface area contributed by atoms with Crippen LogP contribution in [0.25, 0.3) is 0 Å². The van der Waals surface area contributed by atoms with Gasteiger partial charge in [0.25, 0.3) is 5.69 Å². The molecular weight excluding hydrogens is 322 g/mol. The average molecular weight is 342 g/mol. The zero-order valence-electron chi connectivity index (χ0n) is 11.6. The molecule has 1 fully saturated rings. The van der Waals surface area contributed by atoms with Gasteiger partial charge in [-0.1, -0.05) is 15.9 Å². The Hall–Kier alpha value is -1.14. The van der Waals surface area contributed by atoms with E-state index in [2.05, 4.69) is 26.1 Å². The summed E-state index contributed by atoms with van der Waals surface area (Å²) in [4.78, 5) is 13.0. The number of nitrogens with one attached hydrogen (secondary N) is 1. The van der Waals surface area contributed by atoms with Crippen LogP contribution >= 0.6 is 15.9 Å². The average Bonchev–Trinajstić information content (AvgIpc) is 2.45. The van der Waals surface area contributed by atoms with Crippen LogP contribution in [0.15, 0.2) is 22.7 Å². The van der Waals surface area contributed by atoms with Gasteiger partial charge in [-0.25, -0.2) is 0 Å². The molecule has 0 saturated carbocycles. The summed E-state index contributed by atoms with van der Waals surface area (Å²) < 4.78 is 0.885. The highest BCUT2D eigenvalue weighted by Crippen LogP contribution is 2.34. The summed E-state index contributed by atoms with van der Waals surface area (Å²) in [6, 6.07) is 5.15. The second-order valence-corrected chi connectivity index (χ2v) is 6.13. The Labute approximate surface area is 127 Å². The number of halogens is 1. The van der Waals surface area contributed by atoms with Crippen LogP contribution in [0.3, 0.4) is 0 Å². The summed E-state index contributed by atoms with van der Waals surface area (Å²) in [5.74, 6) is 0.727. The largest absolute Gasteiger partial charge is 0.366 e. The Balaban J connectivity index is 2.06. The van der Waals surface area contributed by atoms with Crippen molar-refractivity contribution >= 4 is 27.3 Å². The van der Waals surface area contributed by atoms with E-state index >= 15 is 0 Å². The van der Waals surface area contributed by atoms with E-state index in [0.29, 0.717) is 0 Å². The second-order valence-electron chi connectivity index (χ2n) is 5.21. The quantitative estimate of drug-likeness (QED) is 0.660. The van der Waals surface area contributed by atoms with Crippen LogP contribution < -0.4 is 10.2 Å². The lowest BCUT2D eigenvalue weighted by molar-refractivity contribution is -0.384. The molecule has 0 unspecified atom stereocenters. The van der Waals surface area contributed by atoms with Crippen LogP contribution in [0.2, 0.25) is 0 Å². The molecule has 0 aliphatic carbocycles. The van der Waals surface area contributed by atoms with Gasteiger partial charge in [-0.3, -0.25) is 10.1 Å². The molecular formula is C14H20BrN3O2. The number of piperidine rings is 1. The highest BCUT2D eigenvalue weighted by atomic mass is 79.9. The number of nitrogens with zero attached hydrogens (tertiary/aromatic N) is 2.